The molecule has 5 heteroatoms. The van der Waals surface area contributed by atoms with Crippen LogP contribution in [0.4, 0.5) is 18.9 Å². The van der Waals surface area contributed by atoms with Gasteiger partial charge >= 0.3 is 6.18 Å². The number of hydrogen-bond donors (Lipinski definition) is 1. The van der Waals surface area contributed by atoms with Gasteiger partial charge in [-0.2, -0.15) is 13.2 Å². The van der Waals surface area contributed by atoms with E-state index in [1.165, 1.54) is 11.9 Å². The monoisotopic (exact) mass is 258 g/mol. The molecule has 1 saturated carbocycles. The Labute approximate surface area is 105 Å². The van der Waals surface area contributed by atoms with Crippen LogP contribution in [0.5, 0.6) is 0 Å². The van der Waals surface area contributed by atoms with E-state index < -0.39 is 12.7 Å². The molecular formula is C13H17F3N2. The van der Waals surface area contributed by atoms with E-state index in [1.54, 1.807) is 12.1 Å². The maximum atomic E-state index is 12.3. The van der Waals surface area contributed by atoms with E-state index in [0.717, 1.165) is 18.4 Å². The Morgan fingerprint density at radius 1 is 1.22 bits per heavy atom. The van der Waals surface area contributed by atoms with Crippen LogP contribution in [0, 0.1) is 0 Å². The molecule has 0 aromatic heterocycles. The fraction of sp³-hybridized carbons (Fsp3) is 0.538. The summed E-state index contributed by atoms with van der Waals surface area (Å²) in [6, 6.07) is 7.45. The normalized spacial score (nSPS) is 18.1. The van der Waals surface area contributed by atoms with Crippen LogP contribution in [0.1, 0.15) is 18.4 Å². The molecule has 1 aromatic rings. The van der Waals surface area contributed by atoms with Crippen LogP contribution in [-0.2, 0) is 5.41 Å². The summed E-state index contributed by atoms with van der Waals surface area (Å²) in [5.74, 6) is 0. The molecular weight excluding hydrogens is 241 g/mol. The summed E-state index contributed by atoms with van der Waals surface area (Å²) < 4.78 is 36.9. The second-order valence-electron chi connectivity index (χ2n) is 5.19. The highest BCUT2D eigenvalue weighted by Gasteiger charge is 2.45. The summed E-state index contributed by atoms with van der Waals surface area (Å²) in [5.41, 5.74) is 7.28. The van der Waals surface area contributed by atoms with E-state index in [1.807, 2.05) is 12.1 Å². The first kappa shape index (κ1) is 13.2. The van der Waals surface area contributed by atoms with Gasteiger partial charge in [-0.3, -0.25) is 4.90 Å². The van der Waals surface area contributed by atoms with Gasteiger partial charge in [-0.15, -0.1) is 0 Å². The Kier molecular flexibility index (Phi) is 3.27. The van der Waals surface area contributed by atoms with Crippen molar-refractivity contribution in [1.82, 2.24) is 4.90 Å². The molecule has 2 N–H and O–H groups in total. The van der Waals surface area contributed by atoms with Crippen molar-refractivity contribution in [2.75, 3.05) is 25.9 Å². The molecule has 1 aliphatic carbocycles. The van der Waals surface area contributed by atoms with E-state index in [4.69, 9.17) is 5.73 Å². The number of hydrogen-bond acceptors (Lipinski definition) is 2. The summed E-state index contributed by atoms with van der Waals surface area (Å²) in [4.78, 5) is 1.35. The zero-order chi connectivity index (χ0) is 13.4. The van der Waals surface area contributed by atoms with E-state index in [0.29, 0.717) is 12.2 Å². The molecule has 0 aliphatic heterocycles. The van der Waals surface area contributed by atoms with E-state index in [-0.39, 0.29) is 5.41 Å². The minimum absolute atomic E-state index is 0.103. The highest BCUT2D eigenvalue weighted by molar-refractivity contribution is 5.43. The van der Waals surface area contributed by atoms with Gasteiger partial charge in [-0.1, -0.05) is 12.1 Å². The summed E-state index contributed by atoms with van der Waals surface area (Å²) in [5, 5.41) is 0. The van der Waals surface area contributed by atoms with Crippen molar-refractivity contribution in [3.8, 4) is 0 Å². The minimum Gasteiger partial charge on any atom is -0.399 e. The first-order valence-corrected chi connectivity index (χ1v) is 5.92. The van der Waals surface area contributed by atoms with Crippen molar-refractivity contribution in [3.63, 3.8) is 0 Å². The lowest BCUT2D eigenvalue weighted by Crippen LogP contribution is -2.36. The van der Waals surface area contributed by atoms with Crippen molar-refractivity contribution < 1.29 is 13.2 Å². The van der Waals surface area contributed by atoms with E-state index >= 15 is 0 Å². The molecule has 0 bridgehead atoms. The molecule has 18 heavy (non-hydrogen) atoms. The number of benzene rings is 1. The summed E-state index contributed by atoms with van der Waals surface area (Å²) in [6.07, 6.45) is -2.25. The zero-order valence-electron chi connectivity index (χ0n) is 10.3. The summed E-state index contributed by atoms with van der Waals surface area (Å²) in [6.45, 7) is -0.417. The largest absolute Gasteiger partial charge is 0.401 e. The highest BCUT2D eigenvalue weighted by atomic mass is 19.4. The third kappa shape index (κ3) is 3.16. The van der Waals surface area contributed by atoms with Gasteiger partial charge in [0.2, 0.25) is 0 Å². The Morgan fingerprint density at radius 2 is 1.78 bits per heavy atom. The molecule has 0 saturated heterocycles. The van der Waals surface area contributed by atoms with Crippen molar-refractivity contribution in [1.29, 1.82) is 0 Å². The summed E-state index contributed by atoms with van der Waals surface area (Å²) in [7, 11) is 1.52. The van der Waals surface area contributed by atoms with Gasteiger partial charge in [0.05, 0.1) is 6.54 Å². The minimum atomic E-state index is -4.13. The van der Waals surface area contributed by atoms with E-state index in [2.05, 4.69) is 0 Å². The molecule has 0 heterocycles. The molecule has 1 aromatic carbocycles. The maximum Gasteiger partial charge on any atom is 0.401 e. The van der Waals surface area contributed by atoms with Crippen molar-refractivity contribution in [2.45, 2.75) is 24.4 Å². The molecule has 0 atom stereocenters. The first-order valence-electron chi connectivity index (χ1n) is 5.92. The van der Waals surface area contributed by atoms with Crippen LogP contribution in [-0.4, -0.2) is 31.2 Å². The lowest BCUT2D eigenvalue weighted by Gasteiger charge is -2.25. The Hall–Kier alpha value is -1.23. The third-order valence-corrected chi connectivity index (χ3v) is 3.40. The van der Waals surface area contributed by atoms with Crippen LogP contribution in [0.2, 0.25) is 0 Å². The number of nitrogen functional groups attached to an aromatic ring is 1. The number of nitrogens with zero attached hydrogens (tertiary/aromatic N) is 1. The zero-order valence-corrected chi connectivity index (χ0v) is 10.3. The molecule has 0 spiro atoms. The van der Waals surface area contributed by atoms with Gasteiger partial charge in [-0.05, 0) is 37.6 Å². The number of alkyl halides is 3. The number of rotatable bonds is 4. The van der Waals surface area contributed by atoms with Gasteiger partial charge in [-0.25, -0.2) is 0 Å². The second kappa shape index (κ2) is 4.46. The van der Waals surface area contributed by atoms with Crippen molar-refractivity contribution in [3.05, 3.63) is 29.8 Å². The van der Waals surface area contributed by atoms with Crippen LogP contribution in [0.3, 0.4) is 0 Å². The topological polar surface area (TPSA) is 29.3 Å². The number of halogens is 3. The molecule has 1 fully saturated rings. The SMILES string of the molecule is CN(CC(F)(F)F)CC1(c2ccc(N)cc2)CC1. The number of anilines is 1. The fourth-order valence-corrected chi connectivity index (χ4v) is 2.40. The third-order valence-electron chi connectivity index (χ3n) is 3.40. The fourth-order valence-electron chi connectivity index (χ4n) is 2.40. The predicted octanol–water partition coefficient (Wildman–Crippen LogP) is 2.79. The average molecular weight is 258 g/mol. The molecule has 2 nitrogen and oxygen atoms in total. The summed E-state index contributed by atoms with van der Waals surface area (Å²) >= 11 is 0. The smallest absolute Gasteiger partial charge is 0.399 e. The molecule has 0 amide bonds. The Balaban J connectivity index is 2.02. The number of likely N-dealkylation sites (N-methyl/N-ethyl adjacent to an activating group) is 1. The van der Waals surface area contributed by atoms with E-state index in [9.17, 15) is 13.2 Å². The second-order valence-corrected chi connectivity index (χ2v) is 5.19. The van der Waals surface area contributed by atoms with Gasteiger partial charge in [0.25, 0.3) is 0 Å². The van der Waals surface area contributed by atoms with Gasteiger partial charge in [0.1, 0.15) is 0 Å². The Morgan fingerprint density at radius 3 is 2.22 bits per heavy atom. The van der Waals surface area contributed by atoms with Gasteiger partial charge < -0.3 is 5.73 Å². The quantitative estimate of drug-likeness (QED) is 0.841. The maximum absolute atomic E-state index is 12.3. The van der Waals surface area contributed by atoms with Crippen LogP contribution < -0.4 is 5.73 Å². The standard InChI is InChI=1S/C13H17F3N2/c1-18(9-13(14,15)16)8-12(6-7-12)10-2-4-11(17)5-3-10/h2-5H,6-9,17H2,1H3. The average Bonchev–Trinajstić information content (AvgIpc) is 2.96. The molecule has 0 unspecified atom stereocenters. The molecule has 0 radical (unpaired) electrons. The van der Waals surface area contributed by atoms with Crippen LogP contribution in [0.25, 0.3) is 0 Å². The van der Waals surface area contributed by atoms with Crippen LogP contribution in [0.15, 0.2) is 24.3 Å². The highest BCUT2D eigenvalue weighted by Crippen LogP contribution is 2.48. The lowest BCUT2D eigenvalue weighted by atomic mass is 9.95. The molecule has 1 aliphatic rings. The van der Waals surface area contributed by atoms with Crippen molar-refractivity contribution >= 4 is 5.69 Å². The van der Waals surface area contributed by atoms with Crippen molar-refractivity contribution in [2.24, 2.45) is 0 Å². The first-order chi connectivity index (χ1) is 8.31. The van der Waals surface area contributed by atoms with Gasteiger partial charge in [0.15, 0.2) is 0 Å². The molecule has 2 rings (SSSR count). The Bertz CT molecular complexity index is 407. The number of nitrogens with two attached hydrogens (primary N) is 1. The van der Waals surface area contributed by atoms with Gasteiger partial charge in [0, 0.05) is 17.6 Å². The van der Waals surface area contributed by atoms with Crippen LogP contribution >= 0.6 is 0 Å². The predicted molar refractivity (Wildman–Crippen MR) is 65.3 cm³/mol. The lowest BCUT2D eigenvalue weighted by molar-refractivity contribution is -0.143. The molecule has 100 valence electrons.